The SMILES string of the molecule is Cc1ccc(Cc2cccc(-c3ccc(S(=O)(=O)C4CCCCC4)s3)c2)cc1. The number of thiophene rings is 1. The van der Waals surface area contributed by atoms with Gasteiger partial charge >= 0.3 is 0 Å². The number of sulfone groups is 1. The summed E-state index contributed by atoms with van der Waals surface area (Å²) in [5, 5.41) is -0.194. The normalized spacial score (nSPS) is 15.6. The van der Waals surface area contributed by atoms with E-state index in [1.54, 1.807) is 6.07 Å². The van der Waals surface area contributed by atoms with E-state index in [0.29, 0.717) is 4.21 Å². The van der Waals surface area contributed by atoms with Gasteiger partial charge in [0.05, 0.1) is 5.25 Å². The van der Waals surface area contributed by atoms with E-state index in [9.17, 15) is 8.42 Å². The van der Waals surface area contributed by atoms with Crippen molar-refractivity contribution in [1.29, 1.82) is 0 Å². The predicted molar refractivity (Wildman–Crippen MR) is 118 cm³/mol. The van der Waals surface area contributed by atoms with Crippen molar-refractivity contribution in [3.05, 3.63) is 77.4 Å². The van der Waals surface area contributed by atoms with Crippen molar-refractivity contribution in [3.63, 3.8) is 0 Å². The lowest BCUT2D eigenvalue weighted by Gasteiger charge is -2.20. The molecular formula is C24H26O2S2. The number of hydrogen-bond acceptors (Lipinski definition) is 3. The zero-order valence-corrected chi connectivity index (χ0v) is 17.9. The average Bonchev–Trinajstić information content (AvgIpc) is 3.22. The van der Waals surface area contributed by atoms with Gasteiger partial charge in [-0.3, -0.25) is 0 Å². The van der Waals surface area contributed by atoms with Crippen LogP contribution in [0.15, 0.2) is 64.9 Å². The summed E-state index contributed by atoms with van der Waals surface area (Å²) in [6, 6.07) is 20.8. The van der Waals surface area contributed by atoms with Gasteiger partial charge in [-0.25, -0.2) is 8.42 Å². The van der Waals surface area contributed by atoms with Crippen molar-refractivity contribution >= 4 is 21.2 Å². The van der Waals surface area contributed by atoms with E-state index in [1.165, 1.54) is 28.0 Å². The molecule has 3 aromatic rings. The Kier molecular flexibility index (Phi) is 5.70. The van der Waals surface area contributed by atoms with Gasteiger partial charge in [0.2, 0.25) is 0 Å². The fourth-order valence-electron chi connectivity index (χ4n) is 3.94. The molecule has 146 valence electrons. The molecule has 1 aromatic heterocycles. The lowest BCUT2D eigenvalue weighted by molar-refractivity contribution is 0.484. The summed E-state index contributed by atoms with van der Waals surface area (Å²) in [4.78, 5) is 1.03. The van der Waals surface area contributed by atoms with Crippen molar-refractivity contribution in [2.45, 2.75) is 54.9 Å². The van der Waals surface area contributed by atoms with Crippen LogP contribution in [0.4, 0.5) is 0 Å². The van der Waals surface area contributed by atoms with E-state index in [0.717, 1.165) is 49.0 Å². The second kappa shape index (κ2) is 8.22. The van der Waals surface area contributed by atoms with Crippen molar-refractivity contribution < 1.29 is 8.42 Å². The summed E-state index contributed by atoms with van der Waals surface area (Å²) in [5.74, 6) is 0. The average molecular weight is 411 g/mol. The van der Waals surface area contributed by atoms with Crippen LogP contribution in [0.2, 0.25) is 0 Å². The van der Waals surface area contributed by atoms with Crippen molar-refractivity contribution in [2.75, 3.05) is 0 Å². The molecule has 0 radical (unpaired) electrons. The lowest BCUT2D eigenvalue weighted by atomic mass is 10.0. The largest absolute Gasteiger partial charge is 0.223 e. The Labute approximate surface area is 172 Å². The van der Waals surface area contributed by atoms with Crippen LogP contribution < -0.4 is 0 Å². The monoisotopic (exact) mass is 410 g/mol. The fourth-order valence-corrected chi connectivity index (χ4v) is 7.36. The molecule has 0 aliphatic heterocycles. The molecule has 4 rings (SSSR count). The highest BCUT2D eigenvalue weighted by molar-refractivity contribution is 7.94. The number of aryl methyl sites for hydroxylation is 1. The molecule has 1 fully saturated rings. The van der Waals surface area contributed by atoms with Gasteiger partial charge in [0.25, 0.3) is 0 Å². The minimum Gasteiger partial charge on any atom is -0.223 e. The molecule has 28 heavy (non-hydrogen) atoms. The van der Waals surface area contributed by atoms with Crippen LogP contribution in [-0.2, 0) is 16.3 Å². The Morgan fingerprint density at radius 3 is 2.39 bits per heavy atom. The zero-order valence-electron chi connectivity index (χ0n) is 16.2. The van der Waals surface area contributed by atoms with Gasteiger partial charge in [-0.1, -0.05) is 73.4 Å². The Morgan fingerprint density at radius 1 is 0.893 bits per heavy atom. The molecule has 0 spiro atoms. The number of benzene rings is 2. The molecule has 1 saturated carbocycles. The number of hydrogen-bond donors (Lipinski definition) is 0. The minimum atomic E-state index is -3.19. The summed E-state index contributed by atoms with van der Waals surface area (Å²) in [5.41, 5.74) is 4.89. The molecule has 0 atom stereocenters. The molecule has 1 heterocycles. The van der Waals surface area contributed by atoms with Gasteiger partial charge in [-0.05, 0) is 55.0 Å². The summed E-state index contributed by atoms with van der Waals surface area (Å²) >= 11 is 1.42. The lowest BCUT2D eigenvalue weighted by Crippen LogP contribution is -2.23. The molecule has 0 bridgehead atoms. The van der Waals surface area contributed by atoms with E-state index >= 15 is 0 Å². The third kappa shape index (κ3) is 4.23. The first kappa shape index (κ1) is 19.4. The maximum atomic E-state index is 13.0. The molecule has 0 amide bonds. The standard InChI is InChI=1S/C24H26O2S2/c1-18-10-12-19(13-11-18)16-20-6-5-7-21(17-20)23-14-15-24(27-23)28(25,26)22-8-3-2-4-9-22/h5-7,10-15,17,22H,2-4,8-9,16H2,1H3. The summed E-state index contributed by atoms with van der Waals surface area (Å²) in [6.07, 6.45) is 5.72. The van der Waals surface area contributed by atoms with E-state index in [1.807, 2.05) is 6.07 Å². The van der Waals surface area contributed by atoms with Gasteiger partial charge in [0.15, 0.2) is 9.84 Å². The van der Waals surface area contributed by atoms with E-state index in [4.69, 9.17) is 0 Å². The zero-order chi connectivity index (χ0) is 19.6. The van der Waals surface area contributed by atoms with Crippen LogP contribution in [0.5, 0.6) is 0 Å². The Bertz CT molecular complexity index is 1040. The predicted octanol–water partition coefficient (Wildman–Crippen LogP) is 6.42. The molecular weight excluding hydrogens is 384 g/mol. The van der Waals surface area contributed by atoms with Gasteiger partial charge in [0.1, 0.15) is 4.21 Å². The van der Waals surface area contributed by atoms with Crippen LogP contribution in [0, 0.1) is 6.92 Å². The van der Waals surface area contributed by atoms with Gasteiger partial charge in [-0.15, -0.1) is 11.3 Å². The molecule has 0 unspecified atom stereocenters. The van der Waals surface area contributed by atoms with Gasteiger partial charge < -0.3 is 0 Å². The topological polar surface area (TPSA) is 34.1 Å². The molecule has 2 nitrogen and oxygen atoms in total. The Morgan fingerprint density at radius 2 is 1.64 bits per heavy atom. The van der Waals surface area contributed by atoms with Crippen molar-refractivity contribution in [1.82, 2.24) is 0 Å². The highest BCUT2D eigenvalue weighted by Crippen LogP contribution is 2.36. The van der Waals surface area contributed by atoms with Gasteiger partial charge in [0, 0.05) is 4.88 Å². The van der Waals surface area contributed by atoms with Crippen LogP contribution in [0.1, 0.15) is 48.8 Å². The van der Waals surface area contributed by atoms with Crippen molar-refractivity contribution in [3.8, 4) is 10.4 Å². The van der Waals surface area contributed by atoms with E-state index < -0.39 is 9.84 Å². The highest BCUT2D eigenvalue weighted by atomic mass is 32.2. The first-order valence-electron chi connectivity index (χ1n) is 10.0. The molecule has 1 aliphatic carbocycles. The van der Waals surface area contributed by atoms with E-state index in [-0.39, 0.29) is 5.25 Å². The maximum absolute atomic E-state index is 13.0. The second-order valence-electron chi connectivity index (χ2n) is 7.79. The smallest absolute Gasteiger partial charge is 0.190 e. The maximum Gasteiger partial charge on any atom is 0.190 e. The van der Waals surface area contributed by atoms with Crippen LogP contribution in [-0.4, -0.2) is 13.7 Å². The third-order valence-electron chi connectivity index (χ3n) is 5.59. The quantitative estimate of drug-likeness (QED) is 0.486. The molecule has 1 aliphatic rings. The van der Waals surface area contributed by atoms with Crippen molar-refractivity contribution in [2.24, 2.45) is 0 Å². The summed E-state index contributed by atoms with van der Waals surface area (Å²) < 4.78 is 26.5. The van der Waals surface area contributed by atoms with E-state index in [2.05, 4.69) is 55.5 Å². The first-order chi connectivity index (χ1) is 13.5. The summed E-state index contributed by atoms with van der Waals surface area (Å²) in [6.45, 7) is 2.10. The highest BCUT2D eigenvalue weighted by Gasteiger charge is 2.30. The summed E-state index contributed by atoms with van der Waals surface area (Å²) in [7, 11) is -3.19. The Hall–Kier alpha value is -1.91. The van der Waals surface area contributed by atoms with Crippen LogP contribution >= 0.6 is 11.3 Å². The first-order valence-corrected chi connectivity index (χ1v) is 12.4. The van der Waals surface area contributed by atoms with Gasteiger partial charge in [-0.2, -0.15) is 0 Å². The minimum absolute atomic E-state index is 0.194. The molecule has 4 heteroatoms. The molecule has 0 N–H and O–H groups in total. The van der Waals surface area contributed by atoms with Crippen LogP contribution in [0.25, 0.3) is 10.4 Å². The Balaban J connectivity index is 1.56. The number of rotatable bonds is 5. The van der Waals surface area contributed by atoms with Crippen LogP contribution in [0.3, 0.4) is 0 Å². The molecule has 0 saturated heterocycles. The second-order valence-corrected chi connectivity index (χ2v) is 11.3. The fraction of sp³-hybridized carbons (Fsp3) is 0.333. The molecule has 2 aromatic carbocycles. The third-order valence-corrected chi connectivity index (χ3v) is 9.52.